The molecule has 0 aliphatic heterocycles. The first-order valence-corrected chi connectivity index (χ1v) is 6.59. The lowest BCUT2D eigenvalue weighted by Crippen LogP contribution is -2.00. The molecule has 0 aliphatic carbocycles. The van der Waals surface area contributed by atoms with Crippen LogP contribution in [-0.2, 0) is 4.74 Å². The molecule has 1 N–H and O–H groups in total. The third-order valence-electron chi connectivity index (χ3n) is 2.48. The number of carbonyl (C=O) groups excluding carboxylic acids is 1. The zero-order chi connectivity index (χ0) is 14.4. The maximum Gasteiger partial charge on any atom is 0.337 e. The number of benzene rings is 2. The van der Waals surface area contributed by atoms with Gasteiger partial charge in [-0.05, 0) is 48.5 Å². The molecule has 0 saturated heterocycles. The summed E-state index contributed by atoms with van der Waals surface area (Å²) in [5.41, 5.74) is 4.75. The topological polar surface area (TPSA) is 63.0 Å². The van der Waals surface area contributed by atoms with Crippen LogP contribution in [0.15, 0.2) is 63.3 Å². The van der Waals surface area contributed by atoms with Gasteiger partial charge in [-0.3, -0.25) is 5.43 Å². The second kappa shape index (κ2) is 6.81. The van der Waals surface area contributed by atoms with Gasteiger partial charge in [0, 0.05) is 4.47 Å². The maximum absolute atomic E-state index is 11.3. The minimum atomic E-state index is -0.368. The first-order valence-electron chi connectivity index (χ1n) is 5.80. The van der Waals surface area contributed by atoms with E-state index < -0.39 is 0 Å². The van der Waals surface area contributed by atoms with E-state index >= 15 is 0 Å². The van der Waals surface area contributed by atoms with Crippen molar-refractivity contribution in [3.05, 3.63) is 58.6 Å². The summed E-state index contributed by atoms with van der Waals surface area (Å²) in [4.78, 5) is 11.3. The van der Waals surface area contributed by atoms with Gasteiger partial charge in [0.15, 0.2) is 0 Å². The molecule has 0 fully saturated rings. The predicted octanol–water partition coefficient (Wildman–Crippen LogP) is 4.35. The lowest BCUT2D eigenvalue weighted by atomic mass is 10.2. The van der Waals surface area contributed by atoms with E-state index in [-0.39, 0.29) is 5.97 Å². The van der Waals surface area contributed by atoms with E-state index in [0.717, 1.165) is 15.8 Å². The summed E-state index contributed by atoms with van der Waals surface area (Å²) in [5.74, 6) is -0.368. The first-order chi connectivity index (χ1) is 9.69. The van der Waals surface area contributed by atoms with Crippen molar-refractivity contribution in [2.24, 2.45) is 10.3 Å². The number of hydrogen-bond acceptors (Lipinski definition) is 4. The van der Waals surface area contributed by atoms with Gasteiger partial charge >= 0.3 is 5.97 Å². The Morgan fingerprint density at radius 2 is 1.75 bits per heavy atom. The Bertz CT molecular complexity index is 609. The monoisotopic (exact) mass is 333 g/mol. The van der Waals surface area contributed by atoms with Crippen LogP contribution in [0.1, 0.15) is 10.4 Å². The van der Waals surface area contributed by atoms with E-state index in [0.29, 0.717) is 5.56 Å². The van der Waals surface area contributed by atoms with E-state index in [9.17, 15) is 4.79 Å². The molecule has 5 nitrogen and oxygen atoms in total. The summed E-state index contributed by atoms with van der Waals surface area (Å²) < 4.78 is 5.61. The number of nitrogens with one attached hydrogen (secondary N) is 1. The summed E-state index contributed by atoms with van der Waals surface area (Å²) in [6.07, 6.45) is 0. The van der Waals surface area contributed by atoms with Gasteiger partial charge in [-0.15, -0.1) is 5.11 Å². The van der Waals surface area contributed by atoms with Crippen molar-refractivity contribution in [3.8, 4) is 0 Å². The summed E-state index contributed by atoms with van der Waals surface area (Å²) in [6, 6.07) is 14.2. The highest BCUT2D eigenvalue weighted by Crippen LogP contribution is 2.17. The van der Waals surface area contributed by atoms with E-state index in [1.54, 1.807) is 24.3 Å². The molecule has 20 heavy (non-hydrogen) atoms. The molecule has 0 saturated carbocycles. The van der Waals surface area contributed by atoms with Crippen LogP contribution in [0.25, 0.3) is 0 Å². The largest absolute Gasteiger partial charge is 0.465 e. The molecule has 2 rings (SSSR count). The van der Waals surface area contributed by atoms with Crippen molar-refractivity contribution in [1.29, 1.82) is 0 Å². The van der Waals surface area contributed by atoms with Crippen LogP contribution in [0.4, 0.5) is 11.4 Å². The summed E-state index contributed by atoms with van der Waals surface area (Å²) in [6.45, 7) is 0. The quantitative estimate of drug-likeness (QED) is 0.514. The van der Waals surface area contributed by atoms with E-state index in [1.165, 1.54) is 7.11 Å². The van der Waals surface area contributed by atoms with Gasteiger partial charge in [0.1, 0.15) is 0 Å². The molecule has 0 heterocycles. The van der Waals surface area contributed by atoms with Gasteiger partial charge < -0.3 is 4.74 Å². The lowest BCUT2D eigenvalue weighted by molar-refractivity contribution is 0.0601. The fourth-order valence-corrected chi connectivity index (χ4v) is 1.71. The smallest absolute Gasteiger partial charge is 0.337 e. The number of esters is 1. The number of halogens is 1. The summed E-state index contributed by atoms with van der Waals surface area (Å²) >= 11 is 3.35. The number of methoxy groups -OCH3 is 1. The fraction of sp³-hybridized carbons (Fsp3) is 0.0714. The first kappa shape index (κ1) is 14.2. The minimum absolute atomic E-state index is 0.368. The van der Waals surface area contributed by atoms with Gasteiger partial charge in [-0.25, -0.2) is 4.79 Å². The molecule has 0 radical (unpaired) electrons. The number of nitrogens with zero attached hydrogens (tertiary/aromatic N) is 2. The van der Waals surface area contributed by atoms with Crippen molar-refractivity contribution >= 4 is 33.3 Å². The van der Waals surface area contributed by atoms with Gasteiger partial charge in [0.05, 0.1) is 24.0 Å². The Hall–Kier alpha value is -2.21. The highest BCUT2D eigenvalue weighted by atomic mass is 79.9. The Balaban J connectivity index is 1.97. The van der Waals surface area contributed by atoms with Gasteiger partial charge in [-0.1, -0.05) is 21.2 Å². The van der Waals surface area contributed by atoms with Crippen LogP contribution < -0.4 is 5.43 Å². The standard InChI is InChI=1S/C14H12BrN3O2/c1-20-14(19)10-2-6-12(7-3-10)16-18-17-13-8-4-11(15)5-9-13/h2-9H,1H3,(H,16,17). The Morgan fingerprint density at radius 1 is 1.10 bits per heavy atom. The molecule has 0 aliphatic rings. The average Bonchev–Trinajstić information content (AvgIpc) is 2.49. The number of hydrogen-bond donors (Lipinski definition) is 1. The summed E-state index contributed by atoms with van der Waals surface area (Å²) in [7, 11) is 1.35. The van der Waals surface area contributed by atoms with Crippen LogP contribution in [0.2, 0.25) is 0 Å². The predicted molar refractivity (Wildman–Crippen MR) is 80.1 cm³/mol. The van der Waals surface area contributed by atoms with Crippen LogP contribution in [-0.4, -0.2) is 13.1 Å². The Morgan fingerprint density at radius 3 is 2.35 bits per heavy atom. The molecule has 0 spiro atoms. The number of carbonyl (C=O) groups is 1. The SMILES string of the molecule is COC(=O)c1ccc(NN=Nc2ccc(Br)cc2)cc1. The van der Waals surface area contributed by atoms with Gasteiger partial charge in [0.2, 0.25) is 0 Å². The molecular weight excluding hydrogens is 322 g/mol. The van der Waals surface area contributed by atoms with Gasteiger partial charge in [0.25, 0.3) is 0 Å². The Kier molecular flexibility index (Phi) is 4.84. The van der Waals surface area contributed by atoms with Crippen LogP contribution in [0.5, 0.6) is 0 Å². The zero-order valence-electron chi connectivity index (χ0n) is 10.7. The number of rotatable bonds is 4. The molecule has 0 aromatic heterocycles. The van der Waals surface area contributed by atoms with Crippen molar-refractivity contribution in [2.75, 3.05) is 12.5 Å². The molecule has 0 amide bonds. The second-order valence-corrected chi connectivity index (χ2v) is 4.77. The van der Waals surface area contributed by atoms with Crippen molar-refractivity contribution in [1.82, 2.24) is 0 Å². The maximum atomic E-state index is 11.3. The minimum Gasteiger partial charge on any atom is -0.465 e. The zero-order valence-corrected chi connectivity index (χ0v) is 12.3. The van der Waals surface area contributed by atoms with Crippen LogP contribution in [0.3, 0.4) is 0 Å². The normalized spacial score (nSPS) is 10.5. The second-order valence-electron chi connectivity index (χ2n) is 3.86. The van der Waals surface area contributed by atoms with Crippen molar-refractivity contribution in [2.45, 2.75) is 0 Å². The Labute approximate surface area is 124 Å². The number of ether oxygens (including phenoxy) is 1. The van der Waals surface area contributed by atoms with Gasteiger partial charge in [-0.2, -0.15) is 0 Å². The third kappa shape index (κ3) is 3.89. The molecular formula is C14H12BrN3O2. The molecule has 2 aromatic carbocycles. The van der Waals surface area contributed by atoms with Crippen molar-refractivity contribution in [3.63, 3.8) is 0 Å². The highest BCUT2D eigenvalue weighted by molar-refractivity contribution is 9.10. The van der Waals surface area contributed by atoms with Crippen LogP contribution in [0, 0.1) is 0 Å². The van der Waals surface area contributed by atoms with Crippen LogP contribution >= 0.6 is 15.9 Å². The van der Waals surface area contributed by atoms with E-state index in [2.05, 4.69) is 36.4 Å². The fourth-order valence-electron chi connectivity index (χ4n) is 1.45. The molecule has 6 heteroatoms. The molecule has 0 atom stereocenters. The van der Waals surface area contributed by atoms with E-state index in [4.69, 9.17) is 0 Å². The van der Waals surface area contributed by atoms with Crippen molar-refractivity contribution < 1.29 is 9.53 Å². The average molecular weight is 334 g/mol. The lowest BCUT2D eigenvalue weighted by Gasteiger charge is -2.01. The molecule has 0 bridgehead atoms. The molecule has 0 unspecified atom stereocenters. The molecule has 2 aromatic rings. The number of anilines is 1. The highest BCUT2D eigenvalue weighted by Gasteiger charge is 2.03. The van der Waals surface area contributed by atoms with E-state index in [1.807, 2.05) is 24.3 Å². The third-order valence-corrected chi connectivity index (χ3v) is 3.01. The molecule has 102 valence electrons. The summed E-state index contributed by atoms with van der Waals surface area (Å²) in [5, 5.41) is 7.90.